The van der Waals surface area contributed by atoms with Crippen molar-refractivity contribution in [3.05, 3.63) is 59.9 Å². The highest BCUT2D eigenvalue weighted by atomic mass is 19.4. The predicted molar refractivity (Wildman–Crippen MR) is 70.6 cm³/mol. The second-order valence-corrected chi connectivity index (χ2v) is 4.57. The summed E-state index contributed by atoms with van der Waals surface area (Å²) in [5.74, 6) is 0. The van der Waals surface area contributed by atoms with Crippen LogP contribution < -0.4 is 5.01 Å². The molecule has 0 bridgehead atoms. The fourth-order valence-corrected chi connectivity index (χ4v) is 2.15. The van der Waals surface area contributed by atoms with Crippen molar-refractivity contribution in [3.63, 3.8) is 0 Å². The van der Waals surface area contributed by atoms with E-state index in [0.717, 1.165) is 17.8 Å². The van der Waals surface area contributed by atoms with E-state index < -0.39 is 11.7 Å². The molecule has 108 valence electrons. The highest BCUT2D eigenvalue weighted by Crippen LogP contribution is 2.34. The van der Waals surface area contributed by atoms with Crippen LogP contribution in [0.15, 0.2) is 59.0 Å². The number of aromatic nitrogens is 1. The van der Waals surface area contributed by atoms with Crippen molar-refractivity contribution < 1.29 is 13.2 Å². The molecular formula is C14H11F3N4. The Hall–Kier alpha value is -2.44. The Morgan fingerprint density at radius 3 is 2.43 bits per heavy atom. The van der Waals surface area contributed by atoms with Crippen LogP contribution in [0.25, 0.3) is 0 Å². The van der Waals surface area contributed by atoms with Crippen molar-refractivity contribution in [2.75, 3.05) is 11.6 Å². The maximum atomic E-state index is 12.6. The molecule has 0 radical (unpaired) electrons. The molecule has 1 aromatic carbocycles. The van der Waals surface area contributed by atoms with Gasteiger partial charge >= 0.3 is 6.18 Å². The molecule has 1 atom stereocenters. The number of nitrogens with zero attached hydrogens (tertiary/aromatic N) is 4. The number of anilines is 1. The van der Waals surface area contributed by atoms with E-state index in [4.69, 9.17) is 0 Å². The molecule has 0 saturated carbocycles. The molecule has 7 heteroatoms. The quantitative estimate of drug-likeness (QED) is 0.838. The fourth-order valence-electron chi connectivity index (χ4n) is 2.15. The third-order valence-electron chi connectivity index (χ3n) is 3.20. The summed E-state index contributed by atoms with van der Waals surface area (Å²) in [4.78, 5) is 4.25. The number of rotatable bonds is 2. The van der Waals surface area contributed by atoms with E-state index >= 15 is 0 Å². The van der Waals surface area contributed by atoms with Gasteiger partial charge in [0, 0.05) is 6.20 Å². The average molecular weight is 292 g/mol. The summed E-state index contributed by atoms with van der Waals surface area (Å²) in [5, 5.41) is 9.54. The minimum Gasteiger partial charge on any atom is -0.259 e. The van der Waals surface area contributed by atoms with Gasteiger partial charge in [-0.05, 0) is 36.4 Å². The number of hydrogen-bond acceptors (Lipinski definition) is 4. The molecular weight excluding hydrogens is 281 g/mol. The zero-order chi connectivity index (χ0) is 14.9. The van der Waals surface area contributed by atoms with Crippen LogP contribution in [0.2, 0.25) is 0 Å². The van der Waals surface area contributed by atoms with Crippen molar-refractivity contribution in [1.82, 2.24) is 4.98 Å². The molecule has 0 spiro atoms. The Balaban J connectivity index is 1.87. The smallest absolute Gasteiger partial charge is 0.259 e. The van der Waals surface area contributed by atoms with Crippen molar-refractivity contribution in [2.45, 2.75) is 12.2 Å². The van der Waals surface area contributed by atoms with Gasteiger partial charge in [-0.3, -0.25) is 4.98 Å². The number of alkyl halides is 3. The molecule has 2 aromatic rings. The Morgan fingerprint density at radius 1 is 1.05 bits per heavy atom. The monoisotopic (exact) mass is 292 g/mol. The Morgan fingerprint density at radius 2 is 1.81 bits per heavy atom. The molecule has 3 rings (SSSR count). The molecule has 0 saturated heterocycles. The lowest BCUT2D eigenvalue weighted by Gasteiger charge is -2.21. The van der Waals surface area contributed by atoms with Crippen LogP contribution in [0.3, 0.4) is 0 Å². The van der Waals surface area contributed by atoms with Crippen molar-refractivity contribution >= 4 is 5.69 Å². The minimum absolute atomic E-state index is 0.192. The summed E-state index contributed by atoms with van der Waals surface area (Å²) >= 11 is 0. The maximum Gasteiger partial charge on any atom is 0.416 e. The van der Waals surface area contributed by atoms with Crippen LogP contribution in [0.4, 0.5) is 18.9 Å². The minimum atomic E-state index is -4.34. The topological polar surface area (TPSA) is 40.9 Å². The van der Waals surface area contributed by atoms with Gasteiger partial charge in [0.1, 0.15) is 6.04 Å². The molecule has 0 fully saturated rings. The first-order chi connectivity index (χ1) is 10.1. The van der Waals surface area contributed by atoms with E-state index in [2.05, 4.69) is 15.3 Å². The highest BCUT2D eigenvalue weighted by molar-refractivity contribution is 5.49. The SMILES string of the molecule is FC(F)(F)c1ccc(N2N=NCC2c2ccccn2)cc1. The normalized spacial score (nSPS) is 18.2. The lowest BCUT2D eigenvalue weighted by molar-refractivity contribution is -0.137. The van der Waals surface area contributed by atoms with Crippen LogP contribution in [-0.2, 0) is 6.18 Å². The first-order valence-corrected chi connectivity index (χ1v) is 6.30. The Labute approximate surface area is 118 Å². The first kappa shape index (κ1) is 13.5. The van der Waals surface area contributed by atoms with Crippen molar-refractivity contribution in [1.29, 1.82) is 0 Å². The summed E-state index contributed by atoms with van der Waals surface area (Å²) in [6.07, 6.45) is -2.68. The summed E-state index contributed by atoms with van der Waals surface area (Å²) in [7, 11) is 0. The van der Waals surface area contributed by atoms with Crippen molar-refractivity contribution in [2.24, 2.45) is 10.3 Å². The molecule has 0 N–H and O–H groups in total. The van der Waals surface area contributed by atoms with E-state index in [1.165, 1.54) is 12.1 Å². The molecule has 2 heterocycles. The van der Waals surface area contributed by atoms with Gasteiger partial charge in [0.2, 0.25) is 0 Å². The summed E-state index contributed by atoms with van der Waals surface area (Å²) in [6.45, 7) is 0.429. The van der Waals surface area contributed by atoms with Crippen LogP contribution in [0.1, 0.15) is 17.3 Å². The van der Waals surface area contributed by atoms with E-state index in [1.54, 1.807) is 17.3 Å². The molecule has 1 aliphatic rings. The van der Waals surface area contributed by atoms with E-state index in [0.29, 0.717) is 12.2 Å². The first-order valence-electron chi connectivity index (χ1n) is 6.30. The van der Waals surface area contributed by atoms with Crippen LogP contribution in [0.5, 0.6) is 0 Å². The number of pyridine rings is 1. The van der Waals surface area contributed by atoms with Crippen LogP contribution in [-0.4, -0.2) is 11.5 Å². The van der Waals surface area contributed by atoms with Crippen molar-refractivity contribution in [3.8, 4) is 0 Å². The van der Waals surface area contributed by atoms with E-state index in [9.17, 15) is 13.2 Å². The number of halogens is 3. The maximum absolute atomic E-state index is 12.6. The molecule has 1 aliphatic heterocycles. The van der Waals surface area contributed by atoms with Gasteiger partial charge in [0.05, 0.1) is 23.5 Å². The average Bonchev–Trinajstić information content (AvgIpc) is 2.97. The molecule has 0 aliphatic carbocycles. The largest absolute Gasteiger partial charge is 0.416 e. The van der Waals surface area contributed by atoms with Gasteiger partial charge in [-0.2, -0.15) is 18.3 Å². The third kappa shape index (κ3) is 2.72. The summed E-state index contributed by atoms with van der Waals surface area (Å²) in [6, 6.07) is 10.2. The lowest BCUT2D eigenvalue weighted by Crippen LogP contribution is -2.21. The van der Waals surface area contributed by atoms with E-state index in [1.807, 2.05) is 12.1 Å². The third-order valence-corrected chi connectivity index (χ3v) is 3.20. The summed E-state index contributed by atoms with van der Waals surface area (Å²) in [5.41, 5.74) is 0.652. The molecule has 4 nitrogen and oxygen atoms in total. The van der Waals surface area contributed by atoms with Gasteiger partial charge in [-0.1, -0.05) is 11.3 Å². The van der Waals surface area contributed by atoms with Gasteiger partial charge < -0.3 is 0 Å². The molecule has 1 unspecified atom stereocenters. The number of hydrogen-bond donors (Lipinski definition) is 0. The van der Waals surface area contributed by atoms with Gasteiger partial charge in [-0.15, -0.1) is 0 Å². The second-order valence-electron chi connectivity index (χ2n) is 4.57. The lowest BCUT2D eigenvalue weighted by atomic mass is 10.1. The predicted octanol–water partition coefficient (Wildman–Crippen LogP) is 4.03. The van der Waals surface area contributed by atoms with Gasteiger partial charge in [-0.25, -0.2) is 5.01 Å². The zero-order valence-electron chi connectivity index (χ0n) is 10.8. The van der Waals surface area contributed by atoms with Crippen LogP contribution >= 0.6 is 0 Å². The molecule has 21 heavy (non-hydrogen) atoms. The highest BCUT2D eigenvalue weighted by Gasteiger charge is 2.31. The summed E-state index contributed by atoms with van der Waals surface area (Å²) < 4.78 is 37.7. The second kappa shape index (κ2) is 5.16. The van der Waals surface area contributed by atoms with Crippen LogP contribution in [0, 0.1) is 0 Å². The fraction of sp³-hybridized carbons (Fsp3) is 0.214. The molecule has 1 aromatic heterocycles. The Bertz CT molecular complexity index is 638. The number of benzene rings is 1. The van der Waals surface area contributed by atoms with E-state index in [-0.39, 0.29) is 6.04 Å². The van der Waals surface area contributed by atoms with Gasteiger partial charge in [0.15, 0.2) is 0 Å². The molecule has 0 amide bonds. The Kier molecular flexibility index (Phi) is 3.32. The standard InChI is InChI=1S/C14H11F3N4/c15-14(16,17)10-4-6-11(7-5-10)21-13(9-19-20-21)12-3-1-2-8-18-12/h1-8,13H,9H2. The van der Waals surface area contributed by atoms with Gasteiger partial charge in [0.25, 0.3) is 0 Å². The zero-order valence-corrected chi connectivity index (χ0v) is 10.8.